The molecule has 0 radical (unpaired) electrons. The summed E-state index contributed by atoms with van der Waals surface area (Å²) >= 11 is 1.20. The Morgan fingerprint density at radius 1 is 1.03 bits per heavy atom. The Morgan fingerprint density at radius 2 is 1.71 bits per heavy atom. The van der Waals surface area contributed by atoms with Gasteiger partial charge in [0.1, 0.15) is 33.7 Å². The number of thiophene rings is 1. The Morgan fingerprint density at radius 3 is 2.35 bits per heavy atom. The first kappa shape index (κ1) is 22.8. The van der Waals surface area contributed by atoms with Gasteiger partial charge in [0.2, 0.25) is 0 Å². The van der Waals surface area contributed by atoms with Crippen LogP contribution in [-0.2, 0) is 9.53 Å². The maximum Gasteiger partial charge on any atom is 0.341 e. The lowest BCUT2D eigenvalue weighted by atomic mass is 10.0. The van der Waals surface area contributed by atoms with Crippen LogP contribution in [0.25, 0.3) is 28.5 Å². The second-order valence-electron chi connectivity index (χ2n) is 7.13. The Balaban J connectivity index is 1.61. The van der Waals surface area contributed by atoms with Crippen molar-refractivity contribution >= 4 is 34.3 Å². The molecule has 0 unspecified atom stereocenters. The molecule has 1 N–H and O–H groups in total. The van der Waals surface area contributed by atoms with E-state index < -0.39 is 11.9 Å². The van der Waals surface area contributed by atoms with Crippen molar-refractivity contribution < 1.29 is 18.7 Å². The molecule has 2 aromatic heterocycles. The molecule has 4 aromatic rings. The number of hydrogen-bond acceptors (Lipinski definition) is 6. The SMILES string of the molecule is CCOC(=O)c1c(-c2ccccc2)csc1NC(=O)C(C#N)=Cc1ccc(-c2ccccc2)o1. The van der Waals surface area contributed by atoms with E-state index >= 15 is 0 Å². The molecule has 0 saturated carbocycles. The third-order valence-corrected chi connectivity index (χ3v) is 5.81. The van der Waals surface area contributed by atoms with E-state index in [0.717, 1.165) is 11.1 Å². The number of furan rings is 1. The Labute approximate surface area is 200 Å². The van der Waals surface area contributed by atoms with Crippen molar-refractivity contribution in [2.45, 2.75) is 6.92 Å². The molecule has 0 bridgehead atoms. The highest BCUT2D eigenvalue weighted by molar-refractivity contribution is 7.15. The van der Waals surface area contributed by atoms with Gasteiger partial charge in [-0.3, -0.25) is 4.79 Å². The van der Waals surface area contributed by atoms with E-state index in [1.54, 1.807) is 24.4 Å². The molecule has 2 aromatic carbocycles. The second-order valence-corrected chi connectivity index (χ2v) is 8.01. The van der Waals surface area contributed by atoms with Gasteiger partial charge in [-0.2, -0.15) is 5.26 Å². The van der Waals surface area contributed by atoms with Gasteiger partial charge in [-0.15, -0.1) is 11.3 Å². The number of rotatable bonds is 7. The predicted molar refractivity (Wildman–Crippen MR) is 132 cm³/mol. The molecule has 0 spiro atoms. The molecule has 0 atom stereocenters. The summed E-state index contributed by atoms with van der Waals surface area (Å²) in [6, 6.07) is 24.2. The summed E-state index contributed by atoms with van der Waals surface area (Å²) in [5, 5.41) is 14.4. The molecular weight excluding hydrogens is 448 g/mol. The maximum absolute atomic E-state index is 12.9. The van der Waals surface area contributed by atoms with E-state index in [4.69, 9.17) is 9.15 Å². The number of ether oxygens (including phenoxy) is 1. The van der Waals surface area contributed by atoms with Crippen molar-refractivity contribution in [2.24, 2.45) is 0 Å². The third kappa shape index (κ3) is 4.98. The smallest absolute Gasteiger partial charge is 0.341 e. The predicted octanol–water partition coefficient (Wildman–Crippen LogP) is 6.40. The van der Waals surface area contributed by atoms with E-state index in [-0.39, 0.29) is 17.7 Å². The molecule has 0 saturated heterocycles. The lowest BCUT2D eigenvalue weighted by Gasteiger charge is -2.08. The van der Waals surface area contributed by atoms with E-state index in [1.165, 1.54) is 17.4 Å². The van der Waals surface area contributed by atoms with Gasteiger partial charge < -0.3 is 14.5 Å². The van der Waals surface area contributed by atoms with Gasteiger partial charge in [-0.05, 0) is 24.6 Å². The Hall–Kier alpha value is -4.41. The monoisotopic (exact) mass is 468 g/mol. The molecule has 1 amide bonds. The zero-order valence-electron chi connectivity index (χ0n) is 18.3. The Kier molecular flexibility index (Phi) is 7.01. The maximum atomic E-state index is 12.9. The molecule has 0 aliphatic carbocycles. The van der Waals surface area contributed by atoms with Crippen molar-refractivity contribution in [3.05, 3.63) is 95.1 Å². The standard InChI is InChI=1S/C27H20N2O4S/c1-2-32-27(31)24-22(18-9-5-3-6-10-18)17-34-26(24)29-25(30)20(16-28)15-21-13-14-23(33-21)19-11-7-4-8-12-19/h3-15,17H,2H2,1H3,(H,29,30). The summed E-state index contributed by atoms with van der Waals surface area (Å²) < 4.78 is 11.0. The second kappa shape index (κ2) is 10.5. The average Bonchev–Trinajstić information content (AvgIpc) is 3.51. The summed E-state index contributed by atoms with van der Waals surface area (Å²) in [5.74, 6) is -0.196. The summed E-state index contributed by atoms with van der Waals surface area (Å²) in [7, 11) is 0. The van der Waals surface area contributed by atoms with Crippen molar-refractivity contribution in [1.29, 1.82) is 5.26 Å². The molecule has 34 heavy (non-hydrogen) atoms. The van der Waals surface area contributed by atoms with Crippen LogP contribution in [0.5, 0.6) is 0 Å². The van der Waals surface area contributed by atoms with Gasteiger partial charge in [0.25, 0.3) is 5.91 Å². The van der Waals surface area contributed by atoms with Crippen LogP contribution in [-0.4, -0.2) is 18.5 Å². The number of carbonyl (C=O) groups is 2. The first-order valence-corrected chi connectivity index (χ1v) is 11.4. The highest BCUT2D eigenvalue weighted by Gasteiger charge is 2.24. The molecule has 0 fully saturated rings. The van der Waals surface area contributed by atoms with Crippen LogP contribution < -0.4 is 5.32 Å². The number of esters is 1. The van der Waals surface area contributed by atoms with Crippen LogP contribution in [0.2, 0.25) is 0 Å². The normalized spacial score (nSPS) is 11.0. The first-order valence-electron chi connectivity index (χ1n) is 10.5. The van der Waals surface area contributed by atoms with Crippen LogP contribution in [0.3, 0.4) is 0 Å². The summed E-state index contributed by atoms with van der Waals surface area (Å²) in [5.41, 5.74) is 2.46. The van der Waals surface area contributed by atoms with Crippen molar-refractivity contribution in [2.75, 3.05) is 11.9 Å². The fourth-order valence-corrected chi connectivity index (χ4v) is 4.29. The fourth-order valence-electron chi connectivity index (χ4n) is 3.34. The van der Waals surface area contributed by atoms with E-state index in [0.29, 0.717) is 22.1 Å². The van der Waals surface area contributed by atoms with Crippen LogP contribution >= 0.6 is 11.3 Å². The minimum atomic E-state index is -0.646. The molecular formula is C27H20N2O4S. The van der Waals surface area contributed by atoms with Gasteiger partial charge in [-0.1, -0.05) is 60.7 Å². The number of hydrogen-bond donors (Lipinski definition) is 1. The number of benzene rings is 2. The minimum absolute atomic E-state index is 0.154. The van der Waals surface area contributed by atoms with Crippen LogP contribution in [0.15, 0.2) is 88.2 Å². The molecule has 7 heteroatoms. The highest BCUT2D eigenvalue weighted by atomic mass is 32.1. The topological polar surface area (TPSA) is 92.3 Å². The lowest BCUT2D eigenvalue weighted by Crippen LogP contribution is -2.16. The summed E-state index contributed by atoms with van der Waals surface area (Å²) in [4.78, 5) is 25.6. The van der Waals surface area contributed by atoms with E-state index in [9.17, 15) is 14.9 Å². The average molecular weight is 469 g/mol. The number of nitriles is 1. The van der Waals surface area contributed by atoms with Crippen molar-refractivity contribution in [1.82, 2.24) is 0 Å². The van der Waals surface area contributed by atoms with Crippen molar-refractivity contribution in [3.63, 3.8) is 0 Å². The van der Waals surface area contributed by atoms with Gasteiger partial charge in [0.05, 0.1) is 6.61 Å². The molecule has 4 rings (SSSR count). The summed E-state index contributed by atoms with van der Waals surface area (Å²) in [6.07, 6.45) is 1.37. The zero-order chi connectivity index (χ0) is 23.9. The van der Waals surface area contributed by atoms with Gasteiger partial charge >= 0.3 is 5.97 Å². The molecule has 0 aliphatic rings. The van der Waals surface area contributed by atoms with Gasteiger partial charge in [-0.25, -0.2) is 4.79 Å². The highest BCUT2D eigenvalue weighted by Crippen LogP contribution is 2.36. The zero-order valence-corrected chi connectivity index (χ0v) is 19.1. The number of nitrogens with zero attached hydrogens (tertiary/aromatic N) is 1. The molecule has 168 valence electrons. The van der Waals surface area contributed by atoms with E-state index in [1.807, 2.05) is 66.7 Å². The third-order valence-electron chi connectivity index (χ3n) is 4.92. The molecule has 6 nitrogen and oxygen atoms in total. The van der Waals surface area contributed by atoms with Crippen LogP contribution in [0.1, 0.15) is 23.0 Å². The number of amides is 1. The van der Waals surface area contributed by atoms with E-state index in [2.05, 4.69) is 5.32 Å². The lowest BCUT2D eigenvalue weighted by molar-refractivity contribution is -0.112. The fraction of sp³-hybridized carbons (Fsp3) is 0.0741. The molecule has 2 heterocycles. The van der Waals surface area contributed by atoms with Gasteiger partial charge in [0.15, 0.2) is 0 Å². The Bertz CT molecular complexity index is 1380. The van der Waals surface area contributed by atoms with Gasteiger partial charge in [0, 0.05) is 22.6 Å². The number of anilines is 1. The number of carbonyl (C=O) groups excluding carboxylic acids is 2. The quantitative estimate of drug-likeness (QED) is 0.193. The molecule has 0 aliphatic heterocycles. The minimum Gasteiger partial charge on any atom is -0.462 e. The number of nitrogens with one attached hydrogen (secondary N) is 1. The first-order chi connectivity index (χ1) is 16.6. The van der Waals surface area contributed by atoms with Crippen LogP contribution in [0.4, 0.5) is 5.00 Å². The van der Waals surface area contributed by atoms with Crippen molar-refractivity contribution in [3.8, 4) is 28.5 Å². The largest absolute Gasteiger partial charge is 0.462 e. The van der Waals surface area contributed by atoms with Crippen LogP contribution in [0, 0.1) is 11.3 Å². The summed E-state index contributed by atoms with van der Waals surface area (Å²) in [6.45, 7) is 1.91.